The second-order valence-corrected chi connectivity index (χ2v) is 3.35. The smallest absolute Gasteiger partial charge is 0.425 e. The lowest BCUT2D eigenvalue weighted by Crippen LogP contribution is -2.50. The fourth-order valence-corrected chi connectivity index (χ4v) is 0.955. The van der Waals surface area contributed by atoms with E-state index in [1.54, 1.807) is 0 Å². The lowest BCUT2D eigenvalue weighted by Gasteiger charge is -2.25. The van der Waals surface area contributed by atoms with E-state index in [2.05, 4.69) is 4.74 Å². The summed E-state index contributed by atoms with van der Waals surface area (Å²) in [5.41, 5.74) is 4.06. The van der Waals surface area contributed by atoms with Crippen molar-refractivity contribution in [3.63, 3.8) is 0 Å². The largest absolute Gasteiger partial charge is 0.470 e. The summed E-state index contributed by atoms with van der Waals surface area (Å²) in [4.78, 5) is 0. The summed E-state index contributed by atoms with van der Waals surface area (Å²) < 4.78 is 103. The average molecular weight is 295 g/mol. The van der Waals surface area contributed by atoms with Crippen LogP contribution in [0.2, 0.25) is 0 Å². The normalized spacial score (nSPS) is 12.9. The summed E-state index contributed by atoms with van der Waals surface area (Å²) in [5, 5.41) is 0. The predicted molar refractivity (Wildman–Crippen MR) is 47.3 cm³/mol. The van der Waals surface area contributed by atoms with Gasteiger partial charge in [0.25, 0.3) is 0 Å². The van der Waals surface area contributed by atoms with E-state index >= 15 is 0 Å². The molecule has 0 aliphatic rings. The molecule has 0 saturated carbocycles. The van der Waals surface area contributed by atoms with E-state index in [0.717, 1.165) is 0 Å². The third-order valence-electron chi connectivity index (χ3n) is 1.95. The van der Waals surface area contributed by atoms with Crippen LogP contribution in [0.1, 0.15) is 0 Å². The molecule has 0 spiro atoms. The van der Waals surface area contributed by atoms with E-state index in [4.69, 9.17) is 5.73 Å². The van der Waals surface area contributed by atoms with Crippen molar-refractivity contribution in [3.05, 3.63) is 23.8 Å². The van der Waals surface area contributed by atoms with Crippen molar-refractivity contribution in [1.29, 1.82) is 0 Å². The number of nitrogens with two attached hydrogens (primary N) is 1. The standard InChI is InChI=1S/C9H5F8NO/c10-3-2-6(4(11)1-5(3)18)19-9(16,17)8(14,15)7(12)13/h1-2,7H,18H2. The highest BCUT2D eigenvalue weighted by molar-refractivity contribution is 5.44. The van der Waals surface area contributed by atoms with Gasteiger partial charge < -0.3 is 10.5 Å². The molecule has 0 aliphatic carbocycles. The Bertz CT molecular complexity index is 476. The predicted octanol–water partition coefficient (Wildman–Crippen LogP) is 3.42. The number of halogens is 8. The minimum absolute atomic E-state index is 0.0554. The van der Waals surface area contributed by atoms with Gasteiger partial charge in [0.05, 0.1) is 5.69 Å². The Hall–Kier alpha value is -1.74. The highest BCUT2D eigenvalue weighted by Gasteiger charge is 2.66. The van der Waals surface area contributed by atoms with Crippen LogP contribution in [-0.2, 0) is 0 Å². The Balaban J connectivity index is 3.12. The summed E-state index contributed by atoms with van der Waals surface area (Å²) in [7, 11) is 0. The van der Waals surface area contributed by atoms with Gasteiger partial charge in [0.1, 0.15) is 5.82 Å². The van der Waals surface area contributed by atoms with E-state index in [1.165, 1.54) is 0 Å². The quantitative estimate of drug-likeness (QED) is 0.682. The van der Waals surface area contributed by atoms with Gasteiger partial charge in [-0.05, 0) is 0 Å². The van der Waals surface area contributed by atoms with Crippen LogP contribution in [-0.4, -0.2) is 18.5 Å². The number of rotatable bonds is 4. The molecule has 0 aliphatic heterocycles. The lowest BCUT2D eigenvalue weighted by molar-refractivity contribution is -0.342. The second-order valence-electron chi connectivity index (χ2n) is 3.35. The Morgan fingerprint density at radius 1 is 1.00 bits per heavy atom. The number of anilines is 1. The first kappa shape index (κ1) is 15.3. The topological polar surface area (TPSA) is 35.2 Å². The van der Waals surface area contributed by atoms with Crippen LogP contribution < -0.4 is 10.5 Å². The van der Waals surface area contributed by atoms with Gasteiger partial charge in [-0.15, -0.1) is 0 Å². The Labute approximate surface area is 100 Å². The molecule has 0 amide bonds. The minimum atomic E-state index is -5.88. The van der Waals surface area contributed by atoms with Crippen LogP contribution in [0.3, 0.4) is 0 Å². The number of benzene rings is 1. The molecule has 1 aromatic rings. The zero-order chi connectivity index (χ0) is 15.0. The maximum Gasteiger partial charge on any atom is 0.470 e. The maximum atomic E-state index is 13.0. The molecule has 2 nitrogen and oxygen atoms in total. The van der Waals surface area contributed by atoms with Crippen molar-refractivity contribution in [2.75, 3.05) is 5.73 Å². The molecule has 0 fully saturated rings. The first-order valence-electron chi connectivity index (χ1n) is 4.46. The average Bonchev–Trinajstić information content (AvgIpc) is 2.25. The molecule has 0 unspecified atom stereocenters. The zero-order valence-corrected chi connectivity index (χ0v) is 8.74. The van der Waals surface area contributed by atoms with Crippen molar-refractivity contribution in [3.8, 4) is 5.75 Å². The number of hydrogen-bond acceptors (Lipinski definition) is 2. The van der Waals surface area contributed by atoms with Crippen molar-refractivity contribution in [2.24, 2.45) is 0 Å². The van der Waals surface area contributed by atoms with E-state index in [0.29, 0.717) is 0 Å². The van der Waals surface area contributed by atoms with Crippen molar-refractivity contribution in [2.45, 2.75) is 18.5 Å². The van der Waals surface area contributed by atoms with Crippen LogP contribution in [0, 0.1) is 11.6 Å². The van der Waals surface area contributed by atoms with Crippen molar-refractivity contribution in [1.82, 2.24) is 0 Å². The third kappa shape index (κ3) is 2.82. The molecule has 19 heavy (non-hydrogen) atoms. The third-order valence-corrected chi connectivity index (χ3v) is 1.95. The molecule has 0 atom stereocenters. The monoisotopic (exact) mass is 295 g/mol. The van der Waals surface area contributed by atoms with Gasteiger partial charge >= 0.3 is 18.5 Å². The number of nitrogen functional groups attached to an aromatic ring is 1. The molecular formula is C9H5F8NO. The molecule has 0 bridgehead atoms. The van der Waals surface area contributed by atoms with Crippen LogP contribution >= 0.6 is 0 Å². The van der Waals surface area contributed by atoms with E-state index < -0.39 is 41.5 Å². The van der Waals surface area contributed by atoms with Crippen LogP contribution in [0.15, 0.2) is 12.1 Å². The van der Waals surface area contributed by atoms with E-state index in [9.17, 15) is 35.1 Å². The molecular weight excluding hydrogens is 290 g/mol. The molecule has 2 N–H and O–H groups in total. The SMILES string of the molecule is Nc1cc(F)c(OC(F)(F)C(F)(F)C(F)F)cc1F. The van der Waals surface area contributed by atoms with Crippen LogP contribution in [0.4, 0.5) is 40.8 Å². The van der Waals surface area contributed by atoms with Gasteiger partial charge in [-0.3, -0.25) is 0 Å². The summed E-state index contributed by atoms with van der Waals surface area (Å²) >= 11 is 0. The van der Waals surface area contributed by atoms with Gasteiger partial charge in [0.15, 0.2) is 11.6 Å². The first-order chi connectivity index (χ1) is 8.49. The Kier molecular flexibility index (Phi) is 3.82. The molecule has 1 aromatic carbocycles. The summed E-state index contributed by atoms with van der Waals surface area (Å²) in [6.45, 7) is 0. The van der Waals surface area contributed by atoms with E-state index in [-0.39, 0.29) is 12.1 Å². The fraction of sp³-hybridized carbons (Fsp3) is 0.333. The lowest BCUT2D eigenvalue weighted by atomic mass is 10.2. The van der Waals surface area contributed by atoms with Crippen LogP contribution in [0.25, 0.3) is 0 Å². The van der Waals surface area contributed by atoms with Crippen molar-refractivity contribution < 1.29 is 39.9 Å². The maximum absolute atomic E-state index is 13.0. The molecule has 1 rings (SSSR count). The van der Waals surface area contributed by atoms with Gasteiger partial charge in [-0.1, -0.05) is 0 Å². The fourth-order valence-electron chi connectivity index (χ4n) is 0.955. The first-order valence-corrected chi connectivity index (χ1v) is 4.46. The Morgan fingerprint density at radius 3 is 2.00 bits per heavy atom. The molecule has 0 radical (unpaired) electrons. The van der Waals surface area contributed by atoms with E-state index in [1.807, 2.05) is 0 Å². The number of ether oxygens (including phenoxy) is 1. The molecule has 10 heteroatoms. The molecule has 0 saturated heterocycles. The molecule has 0 heterocycles. The Morgan fingerprint density at radius 2 is 1.53 bits per heavy atom. The van der Waals surface area contributed by atoms with Gasteiger partial charge in [0.2, 0.25) is 0 Å². The number of alkyl halides is 6. The molecule has 0 aromatic heterocycles. The highest BCUT2D eigenvalue weighted by Crippen LogP contribution is 2.41. The van der Waals surface area contributed by atoms with Crippen molar-refractivity contribution >= 4 is 5.69 Å². The van der Waals surface area contributed by atoms with Gasteiger partial charge in [0, 0.05) is 12.1 Å². The molecule has 108 valence electrons. The summed E-state index contributed by atoms with van der Waals surface area (Å²) in [6.07, 6.45) is -10.5. The highest BCUT2D eigenvalue weighted by atomic mass is 19.3. The zero-order valence-electron chi connectivity index (χ0n) is 8.74. The second kappa shape index (κ2) is 4.74. The number of hydrogen-bond donors (Lipinski definition) is 1. The van der Waals surface area contributed by atoms with Crippen LogP contribution in [0.5, 0.6) is 5.75 Å². The van der Waals surface area contributed by atoms with Gasteiger partial charge in [-0.2, -0.15) is 17.6 Å². The summed E-state index contributed by atoms with van der Waals surface area (Å²) in [5.74, 6) is -10.7. The van der Waals surface area contributed by atoms with Gasteiger partial charge in [-0.25, -0.2) is 17.6 Å². The summed E-state index contributed by atoms with van der Waals surface area (Å²) in [6, 6.07) is 0.126. The minimum Gasteiger partial charge on any atom is -0.425 e.